The van der Waals surface area contributed by atoms with Gasteiger partial charge in [-0.05, 0) is 42.6 Å². The van der Waals surface area contributed by atoms with E-state index in [9.17, 15) is 9.90 Å². The summed E-state index contributed by atoms with van der Waals surface area (Å²) in [6.07, 6.45) is 1.52. The van der Waals surface area contributed by atoms with Crippen LogP contribution in [0.2, 0.25) is 0 Å². The van der Waals surface area contributed by atoms with Gasteiger partial charge in [-0.1, -0.05) is 12.1 Å². The molecule has 0 bridgehead atoms. The molecule has 25 heavy (non-hydrogen) atoms. The predicted molar refractivity (Wildman–Crippen MR) is 89.7 cm³/mol. The van der Waals surface area contributed by atoms with Crippen molar-refractivity contribution in [2.45, 2.75) is 31.4 Å². The molecular weight excluding hydrogens is 324 g/mol. The Hall–Kier alpha value is -2.54. The number of carbonyl (C=O) groups excluding carboxylic acids is 1. The highest BCUT2D eigenvalue weighted by atomic mass is 16.5. The maximum absolute atomic E-state index is 12.8. The van der Waals surface area contributed by atoms with E-state index >= 15 is 0 Å². The van der Waals surface area contributed by atoms with Crippen molar-refractivity contribution in [1.29, 1.82) is 0 Å². The van der Waals surface area contributed by atoms with Crippen molar-refractivity contribution in [2.24, 2.45) is 0 Å². The van der Waals surface area contributed by atoms with Crippen LogP contribution in [0.5, 0.6) is 11.6 Å². The molecule has 2 atom stereocenters. The zero-order valence-corrected chi connectivity index (χ0v) is 14.6. The van der Waals surface area contributed by atoms with Gasteiger partial charge in [-0.15, -0.1) is 0 Å². The Bertz CT molecular complexity index is 738. The molecule has 1 aromatic heterocycles. The number of amides is 1. The summed E-state index contributed by atoms with van der Waals surface area (Å²) in [7, 11) is 3.05. The van der Waals surface area contributed by atoms with E-state index in [1.165, 1.54) is 13.2 Å². The number of benzene rings is 1. The van der Waals surface area contributed by atoms with E-state index in [2.05, 4.69) is 5.16 Å². The number of hydrogen-bond donors (Lipinski definition) is 1. The van der Waals surface area contributed by atoms with Crippen LogP contribution in [0, 0.1) is 0 Å². The van der Waals surface area contributed by atoms with Gasteiger partial charge in [0.2, 0.25) is 5.76 Å². The van der Waals surface area contributed by atoms with Gasteiger partial charge in [0.05, 0.1) is 26.3 Å². The van der Waals surface area contributed by atoms with E-state index in [0.29, 0.717) is 18.7 Å². The molecule has 0 aliphatic carbocycles. The van der Waals surface area contributed by atoms with Crippen molar-refractivity contribution < 1.29 is 23.9 Å². The molecule has 2 aromatic rings. The largest absolute Gasteiger partial charge is 0.497 e. The Morgan fingerprint density at radius 2 is 2.04 bits per heavy atom. The molecule has 0 radical (unpaired) electrons. The van der Waals surface area contributed by atoms with E-state index < -0.39 is 5.60 Å². The molecule has 2 heterocycles. The molecular formula is C18H22N2O5. The lowest BCUT2D eigenvalue weighted by Crippen LogP contribution is -2.48. The summed E-state index contributed by atoms with van der Waals surface area (Å²) in [5.74, 6) is 0.773. The second-order valence-electron chi connectivity index (χ2n) is 6.27. The zero-order chi connectivity index (χ0) is 18.0. The van der Waals surface area contributed by atoms with E-state index in [1.807, 2.05) is 12.1 Å². The first kappa shape index (κ1) is 17.3. The number of carbonyl (C=O) groups is 1. The number of rotatable bonds is 5. The molecule has 1 fully saturated rings. The Labute approximate surface area is 146 Å². The summed E-state index contributed by atoms with van der Waals surface area (Å²) in [5.41, 5.74) is -0.462. The number of aliphatic hydroxyl groups is 1. The first-order chi connectivity index (χ1) is 12.0. The smallest absolute Gasteiger partial charge is 0.292 e. The molecule has 1 aliphatic rings. The van der Waals surface area contributed by atoms with Gasteiger partial charge in [-0.25, -0.2) is 0 Å². The highest BCUT2D eigenvalue weighted by molar-refractivity contribution is 5.92. The van der Waals surface area contributed by atoms with Crippen LogP contribution in [-0.4, -0.2) is 47.9 Å². The minimum absolute atomic E-state index is 0.106. The van der Waals surface area contributed by atoms with Gasteiger partial charge in [0.1, 0.15) is 11.4 Å². The Balaban J connectivity index is 1.85. The lowest BCUT2D eigenvalue weighted by Gasteiger charge is -2.36. The van der Waals surface area contributed by atoms with Crippen LogP contribution >= 0.6 is 0 Å². The summed E-state index contributed by atoms with van der Waals surface area (Å²) in [6.45, 7) is 2.28. The second-order valence-corrected chi connectivity index (χ2v) is 6.27. The molecule has 1 amide bonds. The third kappa shape index (κ3) is 3.19. The third-order valence-corrected chi connectivity index (χ3v) is 4.75. The average Bonchev–Trinajstić information content (AvgIpc) is 3.30. The number of aromatic nitrogens is 1. The fourth-order valence-corrected chi connectivity index (χ4v) is 3.31. The molecule has 0 spiro atoms. The van der Waals surface area contributed by atoms with E-state index in [1.54, 1.807) is 31.1 Å². The number of hydrogen-bond acceptors (Lipinski definition) is 6. The second kappa shape index (κ2) is 6.76. The van der Waals surface area contributed by atoms with Crippen molar-refractivity contribution in [1.82, 2.24) is 10.1 Å². The van der Waals surface area contributed by atoms with E-state index in [4.69, 9.17) is 14.0 Å². The van der Waals surface area contributed by atoms with Gasteiger partial charge in [-0.2, -0.15) is 0 Å². The molecule has 3 rings (SSSR count). The number of nitrogens with zero attached hydrogens (tertiary/aromatic N) is 2. The van der Waals surface area contributed by atoms with Gasteiger partial charge in [-0.3, -0.25) is 4.79 Å². The average molecular weight is 346 g/mol. The van der Waals surface area contributed by atoms with Gasteiger partial charge >= 0.3 is 0 Å². The minimum atomic E-state index is -1.19. The van der Waals surface area contributed by atoms with Crippen LogP contribution in [0.15, 0.2) is 34.9 Å². The summed E-state index contributed by atoms with van der Waals surface area (Å²) in [6, 6.07) is 8.33. The maximum Gasteiger partial charge on any atom is 0.292 e. The molecule has 1 aliphatic heterocycles. The summed E-state index contributed by atoms with van der Waals surface area (Å²) < 4.78 is 15.2. The minimum Gasteiger partial charge on any atom is -0.497 e. The van der Waals surface area contributed by atoms with Crippen LogP contribution in [-0.2, 0) is 5.60 Å². The van der Waals surface area contributed by atoms with Crippen molar-refractivity contribution in [2.75, 3.05) is 20.8 Å². The van der Waals surface area contributed by atoms with Crippen LogP contribution < -0.4 is 9.47 Å². The van der Waals surface area contributed by atoms with Gasteiger partial charge < -0.3 is 24.0 Å². The van der Waals surface area contributed by atoms with E-state index in [0.717, 1.165) is 12.0 Å². The topological polar surface area (TPSA) is 85.0 Å². The van der Waals surface area contributed by atoms with Gasteiger partial charge in [0.15, 0.2) is 0 Å². The maximum atomic E-state index is 12.8. The molecule has 1 aromatic carbocycles. The predicted octanol–water partition coefficient (Wildman–Crippen LogP) is 2.20. The summed E-state index contributed by atoms with van der Waals surface area (Å²) in [4.78, 5) is 14.4. The summed E-state index contributed by atoms with van der Waals surface area (Å²) in [5, 5.41) is 14.8. The van der Waals surface area contributed by atoms with Crippen molar-refractivity contribution in [3.05, 3.63) is 41.7 Å². The molecule has 0 unspecified atom stereocenters. The van der Waals surface area contributed by atoms with Crippen LogP contribution in [0.3, 0.4) is 0 Å². The first-order valence-corrected chi connectivity index (χ1v) is 8.16. The fraction of sp³-hybridized carbons (Fsp3) is 0.444. The van der Waals surface area contributed by atoms with E-state index in [-0.39, 0.29) is 23.6 Å². The van der Waals surface area contributed by atoms with Crippen LogP contribution in [0.4, 0.5) is 0 Å². The highest BCUT2D eigenvalue weighted by Crippen LogP contribution is 2.36. The summed E-state index contributed by atoms with van der Waals surface area (Å²) >= 11 is 0. The van der Waals surface area contributed by atoms with Crippen molar-refractivity contribution in [3.8, 4) is 11.6 Å². The molecule has 7 nitrogen and oxygen atoms in total. The monoisotopic (exact) mass is 346 g/mol. The number of ether oxygens (including phenoxy) is 2. The SMILES string of the molecule is COc1ccc([C@](C)(O)[C@H]2CCCN2C(=O)c2cc(OC)no2)cc1. The van der Waals surface area contributed by atoms with Crippen LogP contribution in [0.25, 0.3) is 0 Å². The van der Waals surface area contributed by atoms with Gasteiger partial charge in [0, 0.05) is 6.54 Å². The van der Waals surface area contributed by atoms with Gasteiger partial charge in [0.25, 0.3) is 11.8 Å². The van der Waals surface area contributed by atoms with Crippen molar-refractivity contribution >= 4 is 5.91 Å². The Morgan fingerprint density at radius 1 is 1.32 bits per heavy atom. The van der Waals surface area contributed by atoms with Crippen LogP contribution in [0.1, 0.15) is 35.9 Å². The Kier molecular flexibility index (Phi) is 4.67. The van der Waals surface area contributed by atoms with Crippen molar-refractivity contribution in [3.63, 3.8) is 0 Å². The number of likely N-dealkylation sites (tertiary alicyclic amines) is 1. The quantitative estimate of drug-likeness (QED) is 0.893. The molecule has 1 N–H and O–H groups in total. The first-order valence-electron chi connectivity index (χ1n) is 8.16. The Morgan fingerprint density at radius 3 is 2.64 bits per heavy atom. The standard InChI is InChI=1S/C18H22N2O5/c1-18(22,12-6-8-13(23-2)9-7-12)15-5-4-10-20(15)17(21)14-11-16(24-3)19-25-14/h6-9,11,15,22H,4-5,10H2,1-3H3/t15-,18+/m1/s1. The highest BCUT2D eigenvalue weighted by Gasteiger charge is 2.43. The molecule has 0 saturated carbocycles. The molecule has 7 heteroatoms. The molecule has 1 saturated heterocycles. The lowest BCUT2D eigenvalue weighted by atomic mass is 9.86. The fourth-order valence-electron chi connectivity index (χ4n) is 3.31. The third-order valence-electron chi connectivity index (χ3n) is 4.75. The normalized spacial score (nSPS) is 19.5. The number of methoxy groups -OCH3 is 2. The zero-order valence-electron chi connectivity index (χ0n) is 14.6. The molecule has 134 valence electrons. The lowest BCUT2D eigenvalue weighted by molar-refractivity contribution is -0.0187.